The predicted octanol–water partition coefficient (Wildman–Crippen LogP) is 0.997. The van der Waals surface area contributed by atoms with Crippen LogP contribution in [0.5, 0.6) is 0 Å². The molecule has 0 saturated carbocycles. The van der Waals surface area contributed by atoms with Gasteiger partial charge in [0, 0.05) is 31.7 Å². The maximum absolute atomic E-state index is 13.2. The number of piperazine rings is 1. The molecule has 1 saturated heterocycles. The van der Waals surface area contributed by atoms with Gasteiger partial charge >= 0.3 is 0 Å². The van der Waals surface area contributed by atoms with Crippen molar-refractivity contribution in [2.24, 2.45) is 0 Å². The fourth-order valence-electron chi connectivity index (χ4n) is 4.43. The number of hydrogen-bond donors (Lipinski definition) is 0. The van der Waals surface area contributed by atoms with Crippen molar-refractivity contribution < 1.29 is 32.7 Å². The molecule has 0 aliphatic carbocycles. The SMILES string of the molecule is O=C([O-])c1cccc(C(=O)N2CCN(S(=O)(=O)c3ccc(N4C(=O)c5ccccc5C4=O)cc3)CC2)c1. The molecule has 0 atom stereocenters. The second-order valence-corrected chi connectivity index (χ2v) is 10.5. The number of benzene rings is 3. The van der Waals surface area contributed by atoms with Crippen LogP contribution in [0.3, 0.4) is 0 Å². The minimum Gasteiger partial charge on any atom is -0.545 e. The largest absolute Gasteiger partial charge is 0.545 e. The number of fused-ring (bicyclic) bond motifs is 1. The smallest absolute Gasteiger partial charge is 0.266 e. The molecule has 0 bridgehead atoms. The Morgan fingerprint density at radius 3 is 1.86 bits per heavy atom. The monoisotopic (exact) mass is 518 g/mol. The summed E-state index contributed by atoms with van der Waals surface area (Å²) in [5.74, 6) is -2.73. The molecule has 0 spiro atoms. The van der Waals surface area contributed by atoms with Gasteiger partial charge in [-0.15, -0.1) is 0 Å². The van der Waals surface area contributed by atoms with Crippen molar-refractivity contribution in [3.05, 3.63) is 95.1 Å². The summed E-state index contributed by atoms with van der Waals surface area (Å²) in [5.41, 5.74) is 0.920. The van der Waals surface area contributed by atoms with Crippen molar-refractivity contribution in [2.45, 2.75) is 4.90 Å². The van der Waals surface area contributed by atoms with E-state index in [1.165, 1.54) is 57.7 Å². The van der Waals surface area contributed by atoms with Crippen LogP contribution in [0.25, 0.3) is 0 Å². The third-order valence-electron chi connectivity index (χ3n) is 6.40. The van der Waals surface area contributed by atoms with E-state index in [-0.39, 0.29) is 47.9 Å². The highest BCUT2D eigenvalue weighted by Crippen LogP contribution is 2.29. The number of amides is 3. The molecule has 5 rings (SSSR count). The molecule has 11 heteroatoms. The van der Waals surface area contributed by atoms with E-state index in [0.717, 1.165) is 4.90 Å². The van der Waals surface area contributed by atoms with Crippen LogP contribution in [0.1, 0.15) is 41.4 Å². The molecule has 1 fully saturated rings. The van der Waals surface area contributed by atoms with Crippen molar-refractivity contribution in [3.8, 4) is 0 Å². The minimum absolute atomic E-state index is 0.00528. The Balaban J connectivity index is 1.27. The quantitative estimate of drug-likeness (QED) is 0.460. The number of hydrogen-bond acceptors (Lipinski definition) is 7. The van der Waals surface area contributed by atoms with Gasteiger partial charge in [0.05, 0.1) is 27.7 Å². The Morgan fingerprint density at radius 2 is 1.30 bits per heavy atom. The van der Waals surface area contributed by atoms with Crippen molar-refractivity contribution in [1.82, 2.24) is 9.21 Å². The van der Waals surface area contributed by atoms with Crippen LogP contribution in [0.2, 0.25) is 0 Å². The van der Waals surface area contributed by atoms with E-state index < -0.39 is 33.7 Å². The van der Waals surface area contributed by atoms with Crippen LogP contribution in [0.4, 0.5) is 5.69 Å². The number of carboxylic acids is 1. The lowest BCUT2D eigenvalue weighted by molar-refractivity contribution is -0.255. The first kappa shape index (κ1) is 24.3. The van der Waals surface area contributed by atoms with Gasteiger partial charge in [-0.3, -0.25) is 14.4 Å². The molecule has 2 aliphatic heterocycles. The van der Waals surface area contributed by atoms with Crippen LogP contribution in [-0.2, 0) is 10.0 Å². The zero-order valence-electron chi connectivity index (χ0n) is 19.4. The number of imide groups is 1. The van der Waals surface area contributed by atoms with Gasteiger partial charge in [-0.2, -0.15) is 4.31 Å². The number of carbonyl (C=O) groups is 4. The first-order valence-corrected chi connectivity index (χ1v) is 12.8. The fraction of sp³-hybridized carbons (Fsp3) is 0.154. The Kier molecular flexibility index (Phi) is 6.10. The van der Waals surface area contributed by atoms with Crippen molar-refractivity contribution in [1.29, 1.82) is 0 Å². The highest BCUT2D eigenvalue weighted by atomic mass is 32.2. The second kappa shape index (κ2) is 9.26. The Labute approximate surface area is 212 Å². The zero-order valence-corrected chi connectivity index (χ0v) is 20.2. The molecule has 188 valence electrons. The lowest BCUT2D eigenvalue weighted by Gasteiger charge is -2.34. The maximum Gasteiger partial charge on any atom is 0.266 e. The number of rotatable bonds is 5. The molecule has 2 aliphatic rings. The van der Waals surface area contributed by atoms with Gasteiger partial charge in [-0.1, -0.05) is 24.3 Å². The van der Waals surface area contributed by atoms with Gasteiger partial charge in [-0.05, 0) is 54.1 Å². The first-order chi connectivity index (χ1) is 17.7. The van der Waals surface area contributed by atoms with Crippen molar-refractivity contribution in [2.75, 3.05) is 31.1 Å². The molecule has 0 unspecified atom stereocenters. The van der Waals surface area contributed by atoms with Crippen LogP contribution in [0.15, 0.2) is 77.7 Å². The zero-order chi connectivity index (χ0) is 26.3. The summed E-state index contributed by atoms with van der Waals surface area (Å²) in [5, 5.41) is 11.1. The van der Waals surface area contributed by atoms with Gasteiger partial charge < -0.3 is 14.8 Å². The van der Waals surface area contributed by atoms with E-state index in [1.807, 2.05) is 0 Å². The normalized spacial score (nSPS) is 16.1. The summed E-state index contributed by atoms with van der Waals surface area (Å²) >= 11 is 0. The van der Waals surface area contributed by atoms with Crippen LogP contribution < -0.4 is 10.0 Å². The third-order valence-corrected chi connectivity index (χ3v) is 8.31. The lowest BCUT2D eigenvalue weighted by atomic mass is 10.1. The van der Waals surface area contributed by atoms with E-state index >= 15 is 0 Å². The summed E-state index contributed by atoms with van der Waals surface area (Å²) < 4.78 is 27.6. The number of anilines is 1. The Hall–Kier alpha value is -4.35. The van der Waals surface area contributed by atoms with Crippen molar-refractivity contribution >= 4 is 39.4 Å². The summed E-state index contributed by atoms with van der Waals surface area (Å²) in [7, 11) is -3.89. The molecule has 2 heterocycles. The standard InChI is InChI=1S/C26H21N3O7S/c30-23(17-4-3-5-18(16-17)26(33)34)27-12-14-28(15-13-27)37(35,36)20-10-8-19(9-11-20)29-24(31)21-6-1-2-7-22(21)25(29)32/h1-11,16H,12-15H2,(H,33,34)/p-1. The summed E-state index contributed by atoms with van der Waals surface area (Å²) in [6.45, 7) is 0.351. The highest BCUT2D eigenvalue weighted by Gasteiger charge is 2.37. The van der Waals surface area contributed by atoms with E-state index in [0.29, 0.717) is 11.1 Å². The Morgan fingerprint density at radius 1 is 0.730 bits per heavy atom. The third kappa shape index (κ3) is 4.28. The van der Waals surface area contributed by atoms with E-state index in [4.69, 9.17) is 0 Å². The van der Waals surface area contributed by atoms with Gasteiger partial charge in [0.1, 0.15) is 0 Å². The molecule has 3 aromatic rings. The summed E-state index contributed by atoms with van der Waals surface area (Å²) in [6, 6.07) is 17.5. The molecular formula is C26H20N3O7S-. The molecule has 3 aromatic carbocycles. The summed E-state index contributed by atoms with van der Waals surface area (Å²) in [6.07, 6.45) is 0. The molecule has 0 N–H and O–H groups in total. The molecule has 10 nitrogen and oxygen atoms in total. The van der Waals surface area contributed by atoms with Gasteiger partial charge in [-0.25, -0.2) is 13.3 Å². The maximum atomic E-state index is 13.2. The van der Waals surface area contributed by atoms with Crippen molar-refractivity contribution in [3.63, 3.8) is 0 Å². The van der Waals surface area contributed by atoms with Gasteiger partial charge in [0.2, 0.25) is 10.0 Å². The summed E-state index contributed by atoms with van der Waals surface area (Å²) in [4.78, 5) is 51.7. The van der Waals surface area contributed by atoms with E-state index in [1.54, 1.807) is 24.3 Å². The average molecular weight is 519 g/mol. The van der Waals surface area contributed by atoms with Crippen LogP contribution >= 0.6 is 0 Å². The predicted molar refractivity (Wildman–Crippen MR) is 129 cm³/mol. The second-order valence-electron chi connectivity index (χ2n) is 8.55. The van der Waals surface area contributed by atoms with E-state index in [2.05, 4.69) is 0 Å². The number of carboxylic acid groups (broad SMARTS) is 1. The molecular weight excluding hydrogens is 498 g/mol. The first-order valence-electron chi connectivity index (χ1n) is 11.4. The number of nitrogens with zero attached hydrogens (tertiary/aromatic N) is 3. The Bertz CT molecular complexity index is 1510. The van der Waals surface area contributed by atoms with Gasteiger partial charge in [0.25, 0.3) is 17.7 Å². The van der Waals surface area contributed by atoms with Crippen LogP contribution in [0, 0.1) is 0 Å². The molecule has 3 amide bonds. The number of aromatic carboxylic acids is 1. The molecule has 37 heavy (non-hydrogen) atoms. The lowest BCUT2D eigenvalue weighted by Crippen LogP contribution is -2.50. The highest BCUT2D eigenvalue weighted by molar-refractivity contribution is 7.89. The number of carbonyl (C=O) groups excluding carboxylic acids is 4. The van der Waals surface area contributed by atoms with Crippen LogP contribution in [-0.4, -0.2) is 67.5 Å². The molecule has 0 radical (unpaired) electrons. The molecule has 0 aromatic heterocycles. The van der Waals surface area contributed by atoms with Gasteiger partial charge in [0.15, 0.2) is 0 Å². The number of sulfonamides is 1. The van der Waals surface area contributed by atoms with E-state index in [9.17, 15) is 32.7 Å². The average Bonchev–Trinajstić information content (AvgIpc) is 3.18. The minimum atomic E-state index is -3.89. The topological polar surface area (TPSA) is 135 Å². The fourth-order valence-corrected chi connectivity index (χ4v) is 5.86.